The Morgan fingerprint density at radius 3 is 1.17 bits per heavy atom. The Hall–Kier alpha value is 0. The van der Waals surface area contributed by atoms with Crippen LogP contribution in [0.15, 0.2) is 0 Å². The number of hydrogen-bond acceptors (Lipinski definition) is 0. The molecule has 0 saturated heterocycles. The van der Waals surface area contributed by atoms with E-state index in [9.17, 15) is 0 Å². The second-order valence-corrected chi connectivity index (χ2v) is 36.4. The van der Waals surface area contributed by atoms with Crippen LogP contribution in [0.2, 0.25) is 0 Å². The van der Waals surface area contributed by atoms with E-state index < -0.39 is 0 Å². The molecule has 0 rings (SSSR count). The molecule has 14 unspecified atom stereocenters. The molecule has 0 aliphatic heterocycles. The first-order valence-corrected chi connectivity index (χ1v) is 43.5. The van der Waals surface area contributed by atoms with Crippen LogP contribution in [0.3, 0.4) is 0 Å². The molecule has 1 radical (unpaired) electrons. The fourth-order valence-corrected chi connectivity index (χ4v) is 22.6. The zero-order valence-electron chi connectivity index (χ0n) is 70.0. The third-order valence-corrected chi connectivity index (χ3v) is 27.6. The van der Waals surface area contributed by atoms with Crippen molar-refractivity contribution in [1.29, 1.82) is 0 Å². The first-order chi connectivity index (χ1) is 43.6. The van der Waals surface area contributed by atoms with Gasteiger partial charge in [-0.05, 0) is 167 Å². The van der Waals surface area contributed by atoms with Gasteiger partial charge in [-0.1, -0.05) is 425 Å². The summed E-state index contributed by atoms with van der Waals surface area (Å²) in [6.07, 6.45) is 64.3. The second-order valence-electron chi connectivity index (χ2n) is 36.4. The van der Waals surface area contributed by atoms with E-state index in [-0.39, 0.29) is 37.9 Å². The average Bonchev–Trinajstić information content (AvgIpc) is 0.656. The standard InChI is InChI=1S/C92H185/c1-28-42-48-49-54-67-88(25,84(60-39-12)68-75(15)16)90(27,89(26,71-81(57-36-9)62-51-44-30-3)85(74-86(21,22)65-40-13)70-80(56-35-8)61-50-43-29-2)91(78(19)69-76(17)41-14,72-82(58-37-10)63-52-45-31-4)92(79(20)77(18)55-34-7,87(23,24)66-47-33-6)73-83(59-38-11)64-53-46-32-5/h75-84H,28-74H2,1-27H3. The highest BCUT2D eigenvalue weighted by atomic mass is 14.8. The summed E-state index contributed by atoms with van der Waals surface area (Å²) < 4.78 is 0. The van der Waals surface area contributed by atoms with E-state index in [4.69, 9.17) is 0 Å². The Kier molecular flexibility index (Phi) is 49.5. The SMILES string of the molecule is CCCCCCCC(C)(C(CCC)CC(C)C)C(C)(C(C)(CC(CCC)CCCCC)[C](CC(CCC)CCCCC)CC(C)(C)CCC)C(CC(CCC)CCCCC)(C(C)CC(C)CC)C(CC(CCC)CCCCC)(C(C)C(C)CCC)C(C)(C)CCCC. The molecule has 0 heterocycles. The van der Waals surface area contributed by atoms with Gasteiger partial charge in [0.15, 0.2) is 0 Å². The quantitative estimate of drug-likeness (QED) is 0.0533. The van der Waals surface area contributed by atoms with Crippen molar-refractivity contribution in [2.24, 2.45) is 97.1 Å². The third kappa shape index (κ3) is 27.2. The highest BCUT2D eigenvalue weighted by molar-refractivity contribution is 5.29. The Labute approximate surface area is 588 Å². The van der Waals surface area contributed by atoms with E-state index in [0.717, 1.165) is 23.7 Å². The van der Waals surface area contributed by atoms with Gasteiger partial charge in [-0.15, -0.1) is 0 Å². The van der Waals surface area contributed by atoms with Crippen LogP contribution in [-0.2, 0) is 0 Å². The van der Waals surface area contributed by atoms with Crippen LogP contribution in [0, 0.1) is 103 Å². The second kappa shape index (κ2) is 49.5. The van der Waals surface area contributed by atoms with Crippen molar-refractivity contribution in [3.05, 3.63) is 5.92 Å². The molecule has 0 spiro atoms. The van der Waals surface area contributed by atoms with Crippen LogP contribution in [0.25, 0.3) is 0 Å². The monoisotopic (exact) mass is 1290 g/mol. The molecule has 0 bridgehead atoms. The Balaban J connectivity index is 12.5. The largest absolute Gasteiger partial charge is 0.0654 e. The maximum Gasteiger partial charge on any atom is -0.0140 e. The van der Waals surface area contributed by atoms with Crippen LogP contribution in [0.5, 0.6) is 0 Å². The van der Waals surface area contributed by atoms with Gasteiger partial charge in [0.1, 0.15) is 0 Å². The van der Waals surface area contributed by atoms with Gasteiger partial charge in [-0.2, -0.15) is 0 Å². The number of hydrogen-bond donors (Lipinski definition) is 0. The first-order valence-electron chi connectivity index (χ1n) is 43.5. The summed E-state index contributed by atoms with van der Waals surface area (Å²) in [5.74, 6) is 8.87. The molecule has 0 N–H and O–H groups in total. The third-order valence-electron chi connectivity index (χ3n) is 27.6. The van der Waals surface area contributed by atoms with E-state index >= 15 is 0 Å². The number of rotatable bonds is 64. The fourth-order valence-electron chi connectivity index (χ4n) is 22.6. The minimum atomic E-state index is -0.0610. The van der Waals surface area contributed by atoms with Crippen molar-refractivity contribution < 1.29 is 0 Å². The van der Waals surface area contributed by atoms with Crippen molar-refractivity contribution >= 4 is 0 Å². The molecule has 0 amide bonds. The minimum absolute atomic E-state index is 0.00355. The predicted octanol–water partition coefficient (Wildman–Crippen LogP) is 33.5. The lowest BCUT2D eigenvalue weighted by atomic mass is 9.24. The smallest absolute Gasteiger partial charge is 0.0140 e. The Morgan fingerprint density at radius 1 is 0.337 bits per heavy atom. The lowest BCUT2D eigenvalue weighted by molar-refractivity contribution is -0.311. The van der Waals surface area contributed by atoms with Gasteiger partial charge in [0, 0.05) is 0 Å². The van der Waals surface area contributed by atoms with Gasteiger partial charge >= 0.3 is 0 Å². The minimum Gasteiger partial charge on any atom is -0.0654 e. The maximum absolute atomic E-state index is 3.39. The summed E-state index contributed by atoms with van der Waals surface area (Å²) in [4.78, 5) is 0. The van der Waals surface area contributed by atoms with Crippen molar-refractivity contribution in [3.63, 3.8) is 0 Å². The van der Waals surface area contributed by atoms with Crippen molar-refractivity contribution in [2.45, 2.75) is 489 Å². The molecule has 0 nitrogen and oxygen atoms in total. The van der Waals surface area contributed by atoms with Crippen LogP contribution >= 0.6 is 0 Å². The van der Waals surface area contributed by atoms with Crippen LogP contribution in [0.4, 0.5) is 0 Å². The fraction of sp³-hybridized carbons (Fsp3) is 0.989. The van der Waals surface area contributed by atoms with Crippen LogP contribution < -0.4 is 0 Å². The lowest BCUT2D eigenvalue weighted by Crippen LogP contribution is -2.74. The molecule has 0 fully saturated rings. The van der Waals surface area contributed by atoms with Crippen LogP contribution in [0.1, 0.15) is 489 Å². The van der Waals surface area contributed by atoms with Crippen molar-refractivity contribution in [2.75, 3.05) is 0 Å². The summed E-state index contributed by atoms with van der Waals surface area (Å²) in [6.45, 7) is 74.6. The molecule has 0 aliphatic carbocycles. The predicted molar refractivity (Wildman–Crippen MR) is 425 cm³/mol. The van der Waals surface area contributed by atoms with Gasteiger partial charge in [-0.3, -0.25) is 0 Å². The summed E-state index contributed by atoms with van der Waals surface area (Å²) in [5.41, 5.74) is 0.386. The van der Waals surface area contributed by atoms with Gasteiger partial charge in [-0.25, -0.2) is 0 Å². The van der Waals surface area contributed by atoms with E-state index in [1.165, 1.54) is 302 Å². The van der Waals surface area contributed by atoms with Gasteiger partial charge in [0.25, 0.3) is 0 Å². The van der Waals surface area contributed by atoms with Gasteiger partial charge in [0.05, 0.1) is 0 Å². The molecule has 92 heavy (non-hydrogen) atoms. The summed E-state index contributed by atoms with van der Waals surface area (Å²) in [6, 6.07) is 0. The normalized spacial score (nSPS) is 19.1. The van der Waals surface area contributed by atoms with E-state index in [1.54, 1.807) is 0 Å². The average molecular weight is 1290 g/mol. The van der Waals surface area contributed by atoms with Crippen molar-refractivity contribution in [3.8, 4) is 0 Å². The van der Waals surface area contributed by atoms with E-state index in [0.29, 0.717) is 35.5 Å². The van der Waals surface area contributed by atoms with Gasteiger partial charge < -0.3 is 0 Å². The zero-order valence-corrected chi connectivity index (χ0v) is 70.0. The summed E-state index contributed by atoms with van der Waals surface area (Å²) in [7, 11) is 0. The molecule has 0 aliphatic rings. The van der Waals surface area contributed by atoms with E-state index in [2.05, 4.69) is 193 Å². The first kappa shape index (κ1) is 92.0. The van der Waals surface area contributed by atoms with Gasteiger partial charge in [0.2, 0.25) is 0 Å². The Morgan fingerprint density at radius 2 is 0.750 bits per heavy atom. The molecule has 0 saturated carbocycles. The molecular weight excluding hydrogens is 1110 g/mol. The molecule has 0 heteroatoms. The topological polar surface area (TPSA) is 0 Å². The maximum atomic E-state index is 3.39. The van der Waals surface area contributed by atoms with Crippen molar-refractivity contribution in [1.82, 2.24) is 0 Å². The lowest BCUT2D eigenvalue weighted by Gasteiger charge is -2.80. The zero-order chi connectivity index (χ0) is 70.1. The molecule has 14 atom stereocenters. The summed E-state index contributed by atoms with van der Waals surface area (Å²) >= 11 is 0. The van der Waals surface area contributed by atoms with E-state index in [1.807, 2.05) is 0 Å². The highest BCUT2D eigenvalue weighted by Gasteiger charge is 2.77. The number of unbranched alkanes of at least 4 members (excludes halogenated alkanes) is 13. The molecule has 553 valence electrons. The molecular formula is C92H185. The molecule has 0 aromatic rings. The Bertz CT molecular complexity index is 1680. The molecule has 0 aromatic carbocycles. The van der Waals surface area contributed by atoms with Crippen LogP contribution in [-0.4, -0.2) is 0 Å². The summed E-state index contributed by atoms with van der Waals surface area (Å²) in [5, 5.41) is 0. The molecule has 0 aromatic heterocycles. The highest BCUT2D eigenvalue weighted by Crippen LogP contribution is 2.83.